The van der Waals surface area contributed by atoms with Crippen LogP contribution in [0.3, 0.4) is 0 Å². The van der Waals surface area contributed by atoms with Gasteiger partial charge in [-0.25, -0.2) is 4.85 Å². The summed E-state index contributed by atoms with van der Waals surface area (Å²) in [5.74, 6) is 0. The molecule has 0 N–H and O–H groups in total. The molecule has 7 aromatic carbocycles. The van der Waals surface area contributed by atoms with E-state index >= 15 is 0 Å². The first kappa shape index (κ1) is 28.8. The topological polar surface area (TPSA) is 61.8 Å². The molecule has 0 radical (unpaired) electrons. The van der Waals surface area contributed by atoms with E-state index in [9.17, 15) is 10.5 Å². The van der Waals surface area contributed by atoms with Crippen LogP contribution in [0.25, 0.3) is 82.1 Å². The third-order valence-electron chi connectivity index (χ3n) is 9.61. The van der Waals surface area contributed by atoms with Crippen LogP contribution >= 0.6 is 0 Å². The number of hydrogen-bond acceptors (Lipinski definition) is 2. The lowest BCUT2D eigenvalue weighted by Gasteiger charge is -2.16. The van der Waals surface area contributed by atoms with Gasteiger partial charge in [-0.05, 0) is 82.7 Å². The van der Waals surface area contributed by atoms with Gasteiger partial charge in [0.2, 0.25) is 5.69 Å². The SMILES string of the molecule is [C-]#[N+]c1cccc2c3ccccc3n(-c3ccc(-c4cccc(-c5c(C#N)cccc5-n5c6ccccc6c6cc(C#N)ccc65)c4)cc3)c12. The van der Waals surface area contributed by atoms with Gasteiger partial charge in [0.15, 0.2) is 0 Å². The van der Waals surface area contributed by atoms with Gasteiger partial charge in [-0.2, -0.15) is 10.5 Å². The van der Waals surface area contributed by atoms with Crippen LogP contribution in [-0.4, -0.2) is 9.13 Å². The van der Waals surface area contributed by atoms with E-state index in [2.05, 4.69) is 105 Å². The summed E-state index contributed by atoms with van der Waals surface area (Å²) >= 11 is 0. The molecule has 0 aliphatic carbocycles. The van der Waals surface area contributed by atoms with E-state index < -0.39 is 0 Å². The van der Waals surface area contributed by atoms with Crippen LogP contribution in [0, 0.1) is 29.2 Å². The van der Waals surface area contributed by atoms with Crippen molar-refractivity contribution < 1.29 is 0 Å². The number of hydrogen-bond donors (Lipinski definition) is 0. The molecule has 0 fully saturated rings. The number of fused-ring (bicyclic) bond motifs is 6. The van der Waals surface area contributed by atoms with E-state index in [-0.39, 0.29) is 0 Å². The summed E-state index contributed by atoms with van der Waals surface area (Å²) in [7, 11) is 0. The fourth-order valence-corrected chi connectivity index (χ4v) is 7.44. The van der Waals surface area contributed by atoms with Crippen LogP contribution in [0.1, 0.15) is 11.1 Å². The first-order valence-electron chi connectivity index (χ1n) is 16.3. The molecule has 0 saturated heterocycles. The van der Waals surface area contributed by atoms with Gasteiger partial charge in [0, 0.05) is 27.4 Å². The maximum atomic E-state index is 10.4. The summed E-state index contributed by atoms with van der Waals surface area (Å²) in [6.45, 7) is 7.86. The number of nitriles is 2. The van der Waals surface area contributed by atoms with Crippen molar-refractivity contribution in [3.63, 3.8) is 0 Å². The summed E-state index contributed by atoms with van der Waals surface area (Å²) < 4.78 is 4.38. The zero-order valence-corrected chi connectivity index (χ0v) is 26.7. The number of rotatable bonds is 4. The van der Waals surface area contributed by atoms with Crippen molar-refractivity contribution in [2.75, 3.05) is 0 Å². The zero-order valence-electron chi connectivity index (χ0n) is 26.7. The molecule has 0 bridgehead atoms. The standard InChI is InChI=1S/C45H25N5/c1-48-39-15-8-14-37-35-12-2-4-16-40(35)49(45(37)39)34-22-20-30(21-23-34)31-9-6-10-32(26-31)44-33(28-47)11-7-18-43(44)50-41-17-5-3-13-36(41)38-25-29(27-46)19-24-42(38)50/h2-26H. The van der Waals surface area contributed by atoms with E-state index in [1.54, 1.807) is 0 Å². The highest BCUT2D eigenvalue weighted by atomic mass is 15.0. The Bertz CT molecular complexity index is 2960. The van der Waals surface area contributed by atoms with Crippen molar-refractivity contribution in [2.24, 2.45) is 0 Å². The molecule has 0 amide bonds. The minimum atomic E-state index is 0.580. The Morgan fingerprint density at radius 2 is 1.16 bits per heavy atom. The van der Waals surface area contributed by atoms with Crippen LogP contribution in [0.2, 0.25) is 0 Å². The summed E-state index contributed by atoms with van der Waals surface area (Å²) in [4.78, 5) is 3.86. The Kier molecular flexibility index (Phi) is 6.56. The summed E-state index contributed by atoms with van der Waals surface area (Å²) in [5, 5.41) is 24.2. The molecular formula is C45H25N5. The van der Waals surface area contributed by atoms with Gasteiger partial charge in [0.25, 0.3) is 0 Å². The first-order valence-corrected chi connectivity index (χ1v) is 16.3. The minimum Gasteiger partial charge on any atom is -0.319 e. The molecule has 0 aliphatic heterocycles. The fourth-order valence-electron chi connectivity index (χ4n) is 7.44. The quantitative estimate of drug-likeness (QED) is 0.181. The van der Waals surface area contributed by atoms with Gasteiger partial charge >= 0.3 is 0 Å². The summed E-state index contributed by atoms with van der Waals surface area (Å²) in [5.41, 5.74) is 11.5. The minimum absolute atomic E-state index is 0.580. The first-order chi connectivity index (χ1) is 24.7. The third kappa shape index (κ3) is 4.31. The van der Waals surface area contributed by atoms with Crippen molar-refractivity contribution in [2.45, 2.75) is 0 Å². The van der Waals surface area contributed by atoms with Gasteiger partial charge < -0.3 is 9.13 Å². The molecule has 0 aliphatic rings. The number of para-hydroxylation sites is 3. The highest BCUT2D eigenvalue weighted by Gasteiger charge is 2.19. The van der Waals surface area contributed by atoms with E-state index in [0.29, 0.717) is 16.8 Å². The zero-order chi connectivity index (χ0) is 33.8. The monoisotopic (exact) mass is 635 g/mol. The van der Waals surface area contributed by atoms with Crippen molar-refractivity contribution in [3.05, 3.63) is 174 Å². The number of aromatic nitrogens is 2. The largest absolute Gasteiger partial charge is 0.319 e. The van der Waals surface area contributed by atoms with E-state index in [1.807, 2.05) is 72.8 Å². The Labute approximate surface area is 288 Å². The summed E-state index contributed by atoms with van der Waals surface area (Å²) in [6.07, 6.45) is 0. The average molecular weight is 636 g/mol. The second-order valence-corrected chi connectivity index (χ2v) is 12.3. The molecule has 0 unspecified atom stereocenters. The highest BCUT2D eigenvalue weighted by molar-refractivity contribution is 6.13. The van der Waals surface area contributed by atoms with Gasteiger partial charge in [-0.15, -0.1) is 0 Å². The second kappa shape index (κ2) is 11.4. The van der Waals surface area contributed by atoms with Crippen LogP contribution in [0.4, 0.5) is 5.69 Å². The predicted molar refractivity (Wildman–Crippen MR) is 202 cm³/mol. The molecule has 9 aromatic rings. The van der Waals surface area contributed by atoms with Crippen molar-refractivity contribution in [3.8, 4) is 45.8 Å². The second-order valence-electron chi connectivity index (χ2n) is 12.3. The van der Waals surface area contributed by atoms with Crippen LogP contribution < -0.4 is 0 Å². The molecule has 5 heteroatoms. The van der Waals surface area contributed by atoms with Gasteiger partial charge in [0.1, 0.15) is 0 Å². The van der Waals surface area contributed by atoms with Gasteiger partial charge in [-0.1, -0.05) is 91.0 Å². The van der Waals surface area contributed by atoms with Gasteiger partial charge in [-0.3, -0.25) is 0 Å². The van der Waals surface area contributed by atoms with E-state index in [0.717, 1.165) is 77.2 Å². The van der Waals surface area contributed by atoms with Crippen LogP contribution in [-0.2, 0) is 0 Å². The lowest BCUT2D eigenvalue weighted by molar-refractivity contribution is 1.18. The van der Waals surface area contributed by atoms with Gasteiger partial charge in [0.05, 0.1) is 57.6 Å². The average Bonchev–Trinajstić information content (AvgIpc) is 3.70. The molecule has 9 rings (SSSR count). The maximum absolute atomic E-state index is 10.4. The normalized spacial score (nSPS) is 11.1. The Hall–Kier alpha value is -7.39. The molecule has 0 saturated carbocycles. The van der Waals surface area contributed by atoms with Crippen LogP contribution in [0.15, 0.2) is 152 Å². The van der Waals surface area contributed by atoms with Crippen LogP contribution in [0.5, 0.6) is 0 Å². The molecule has 2 heterocycles. The molecule has 0 spiro atoms. The molecule has 2 aromatic heterocycles. The van der Waals surface area contributed by atoms with E-state index in [1.165, 1.54) is 0 Å². The third-order valence-corrected chi connectivity index (χ3v) is 9.61. The van der Waals surface area contributed by atoms with Crippen molar-refractivity contribution >= 4 is 49.3 Å². The number of nitrogens with zero attached hydrogens (tertiary/aromatic N) is 5. The predicted octanol–water partition coefficient (Wildman–Crippen LogP) is 11.5. The number of benzene rings is 7. The molecule has 230 valence electrons. The lowest BCUT2D eigenvalue weighted by Crippen LogP contribution is -1.99. The highest BCUT2D eigenvalue weighted by Crippen LogP contribution is 2.40. The summed E-state index contributed by atoms with van der Waals surface area (Å²) in [6, 6.07) is 55.5. The maximum Gasteiger partial charge on any atom is 0.211 e. The lowest BCUT2D eigenvalue weighted by atomic mass is 9.94. The Morgan fingerprint density at radius 1 is 0.500 bits per heavy atom. The fraction of sp³-hybridized carbons (Fsp3) is 0. The van der Waals surface area contributed by atoms with Crippen molar-refractivity contribution in [1.82, 2.24) is 9.13 Å². The van der Waals surface area contributed by atoms with E-state index in [4.69, 9.17) is 6.57 Å². The Morgan fingerprint density at radius 3 is 1.92 bits per heavy atom. The molecule has 5 nitrogen and oxygen atoms in total. The Balaban J connectivity index is 1.19. The molecule has 0 atom stereocenters. The van der Waals surface area contributed by atoms with Crippen molar-refractivity contribution in [1.29, 1.82) is 10.5 Å². The molecular weight excluding hydrogens is 611 g/mol. The smallest absolute Gasteiger partial charge is 0.211 e. The molecule has 50 heavy (non-hydrogen) atoms.